The highest BCUT2D eigenvalue weighted by Gasteiger charge is 2.44. The van der Waals surface area contributed by atoms with Crippen molar-refractivity contribution in [1.29, 1.82) is 0 Å². The van der Waals surface area contributed by atoms with Gasteiger partial charge in [0.15, 0.2) is 6.29 Å². The van der Waals surface area contributed by atoms with Crippen LogP contribution in [-0.4, -0.2) is 87.5 Å². The molecule has 0 spiro atoms. The minimum atomic E-state index is -1.58. The molecule has 422 valence electrons. The van der Waals surface area contributed by atoms with E-state index >= 15 is 0 Å². The molecule has 0 saturated carbocycles. The normalized spacial score (nSPS) is 19.7. The minimum absolute atomic E-state index is 0.191. The van der Waals surface area contributed by atoms with Crippen LogP contribution < -0.4 is 5.32 Å². The third-order valence-electron chi connectivity index (χ3n) is 13.9. The number of aliphatic hydroxyl groups is 5. The predicted octanol–water partition coefficient (Wildman–Crippen LogP) is 15.4. The number of carbonyl (C=O) groups excluding carboxylic acids is 1. The Hall–Kier alpha value is -2.63. The number of ether oxygens (including phenoxy) is 2. The third-order valence-corrected chi connectivity index (χ3v) is 13.9. The Labute approximate surface area is 448 Å². The standard InChI is InChI=1S/C64H113NO8/c1-3-5-7-9-11-13-15-17-19-21-23-24-25-26-27-28-29-30-31-32-33-34-36-38-40-42-44-46-48-50-52-54-60(68)65-57(56-72-64-63(71)62(70)61(69)59(55-66)73-64)58(67)53-51-49-47-45-43-41-39-37-35-22-20-18-16-14-12-10-8-6-4-2/h5,7,11,13,17,19,23-24,35,37,43,45,51,53,57-59,61-64,66-67,69-71H,3-4,6,8-10,12,14-16,18,20-22,25-34,36,38-42,44,46-50,52,54-56H2,1-2H3,(H,65,68)/b7-5-,13-11-,19-17-,24-23-,37-35+,45-43+,53-51+. The summed E-state index contributed by atoms with van der Waals surface area (Å²) in [6, 6.07) is -0.831. The monoisotopic (exact) mass is 1020 g/mol. The molecule has 6 N–H and O–H groups in total. The van der Waals surface area contributed by atoms with E-state index in [4.69, 9.17) is 9.47 Å². The van der Waals surface area contributed by atoms with Gasteiger partial charge < -0.3 is 40.3 Å². The molecular weight excluding hydrogens is 911 g/mol. The molecule has 1 rings (SSSR count). The van der Waals surface area contributed by atoms with E-state index in [1.165, 1.54) is 167 Å². The van der Waals surface area contributed by atoms with Crippen molar-refractivity contribution in [2.75, 3.05) is 13.2 Å². The highest BCUT2D eigenvalue weighted by molar-refractivity contribution is 5.76. The first-order valence-electron chi connectivity index (χ1n) is 30.3. The maximum atomic E-state index is 13.1. The van der Waals surface area contributed by atoms with Gasteiger partial charge in [0.2, 0.25) is 5.91 Å². The lowest BCUT2D eigenvalue weighted by Crippen LogP contribution is -2.60. The van der Waals surface area contributed by atoms with E-state index in [1.807, 2.05) is 6.08 Å². The van der Waals surface area contributed by atoms with Crippen LogP contribution in [0.15, 0.2) is 85.1 Å². The predicted molar refractivity (Wildman–Crippen MR) is 308 cm³/mol. The molecule has 1 aliphatic rings. The van der Waals surface area contributed by atoms with Crippen LogP contribution in [-0.2, 0) is 14.3 Å². The lowest BCUT2D eigenvalue weighted by Gasteiger charge is -2.40. The van der Waals surface area contributed by atoms with Gasteiger partial charge in [-0.3, -0.25) is 4.79 Å². The molecule has 9 nitrogen and oxygen atoms in total. The molecule has 0 aliphatic carbocycles. The van der Waals surface area contributed by atoms with Crippen molar-refractivity contribution >= 4 is 5.91 Å². The van der Waals surface area contributed by atoms with Crippen LogP contribution in [0.2, 0.25) is 0 Å². The molecule has 0 aromatic carbocycles. The fraction of sp³-hybridized carbons (Fsp3) is 0.766. The molecule has 1 aliphatic heterocycles. The summed E-state index contributed by atoms with van der Waals surface area (Å²) in [5.74, 6) is -0.191. The fourth-order valence-electron chi connectivity index (χ4n) is 9.18. The van der Waals surface area contributed by atoms with Crippen LogP contribution in [0.25, 0.3) is 0 Å². The summed E-state index contributed by atoms with van der Waals surface area (Å²) in [4.78, 5) is 13.1. The first kappa shape index (κ1) is 68.4. The van der Waals surface area contributed by atoms with Gasteiger partial charge in [0.1, 0.15) is 24.4 Å². The van der Waals surface area contributed by atoms with Crippen molar-refractivity contribution in [3.8, 4) is 0 Å². The molecule has 73 heavy (non-hydrogen) atoms. The maximum Gasteiger partial charge on any atom is 0.220 e. The molecule has 7 atom stereocenters. The van der Waals surface area contributed by atoms with Crippen LogP contribution in [0.5, 0.6) is 0 Å². The Morgan fingerprint density at radius 2 is 0.863 bits per heavy atom. The smallest absolute Gasteiger partial charge is 0.220 e. The largest absolute Gasteiger partial charge is 0.394 e. The lowest BCUT2D eigenvalue weighted by molar-refractivity contribution is -0.302. The van der Waals surface area contributed by atoms with Crippen LogP contribution >= 0.6 is 0 Å². The van der Waals surface area contributed by atoms with Crippen molar-refractivity contribution in [1.82, 2.24) is 5.32 Å². The highest BCUT2D eigenvalue weighted by Crippen LogP contribution is 2.23. The topological polar surface area (TPSA) is 149 Å². The van der Waals surface area contributed by atoms with Gasteiger partial charge in [0.25, 0.3) is 0 Å². The van der Waals surface area contributed by atoms with Crippen molar-refractivity contribution < 1.29 is 39.8 Å². The highest BCUT2D eigenvalue weighted by atomic mass is 16.7. The van der Waals surface area contributed by atoms with Gasteiger partial charge >= 0.3 is 0 Å². The molecule has 1 fully saturated rings. The molecule has 9 heteroatoms. The summed E-state index contributed by atoms with van der Waals surface area (Å²) >= 11 is 0. The number of hydrogen-bond donors (Lipinski definition) is 6. The second kappa shape index (κ2) is 52.8. The number of amides is 1. The second-order valence-corrected chi connectivity index (χ2v) is 20.7. The van der Waals surface area contributed by atoms with E-state index in [9.17, 15) is 30.3 Å². The second-order valence-electron chi connectivity index (χ2n) is 20.7. The van der Waals surface area contributed by atoms with Crippen molar-refractivity contribution in [3.63, 3.8) is 0 Å². The average molecular weight is 1020 g/mol. The Morgan fingerprint density at radius 1 is 0.479 bits per heavy atom. The molecular formula is C64H113NO8. The minimum Gasteiger partial charge on any atom is -0.394 e. The van der Waals surface area contributed by atoms with E-state index in [-0.39, 0.29) is 12.5 Å². The van der Waals surface area contributed by atoms with Gasteiger partial charge in [-0.25, -0.2) is 0 Å². The van der Waals surface area contributed by atoms with Gasteiger partial charge in [0, 0.05) is 6.42 Å². The summed E-state index contributed by atoms with van der Waals surface area (Å²) in [5, 5.41) is 54.5. The Bertz CT molecular complexity index is 1420. The van der Waals surface area contributed by atoms with Gasteiger partial charge in [-0.15, -0.1) is 0 Å². The molecule has 0 bridgehead atoms. The zero-order valence-corrected chi connectivity index (χ0v) is 46.9. The van der Waals surface area contributed by atoms with Crippen LogP contribution in [0.3, 0.4) is 0 Å². The number of unbranched alkanes of at least 4 members (excludes halogenated alkanes) is 29. The van der Waals surface area contributed by atoms with Crippen LogP contribution in [0.4, 0.5) is 0 Å². The molecule has 1 heterocycles. The molecule has 0 radical (unpaired) electrons. The summed E-state index contributed by atoms with van der Waals surface area (Å²) in [6.45, 7) is 3.65. The summed E-state index contributed by atoms with van der Waals surface area (Å²) in [6.07, 6.45) is 68.0. The van der Waals surface area contributed by atoms with Gasteiger partial charge in [-0.1, -0.05) is 253 Å². The van der Waals surface area contributed by atoms with E-state index in [0.717, 1.165) is 70.6 Å². The number of nitrogens with one attached hydrogen (secondary N) is 1. The Balaban J connectivity index is 2.19. The average Bonchev–Trinajstić information content (AvgIpc) is 3.39. The SMILES string of the molecule is CC/C=C\C/C=C\C/C=C\C/C=C\CCCCCCCCCCCCCCCCCCCCC(=O)NC(COC1OC(CO)C(O)C(O)C1O)C(O)/C=C/CC/C=C/CC/C=C/CCCCCCCCCCC. The van der Waals surface area contributed by atoms with E-state index < -0.39 is 49.5 Å². The number of hydrogen-bond acceptors (Lipinski definition) is 8. The Morgan fingerprint density at radius 3 is 1.32 bits per heavy atom. The summed E-state index contributed by atoms with van der Waals surface area (Å²) in [5.41, 5.74) is 0. The quantitative estimate of drug-likeness (QED) is 0.0261. The Kier molecular flexibility index (Phi) is 49.5. The van der Waals surface area contributed by atoms with E-state index in [1.54, 1.807) is 6.08 Å². The van der Waals surface area contributed by atoms with Crippen molar-refractivity contribution in [2.45, 2.75) is 301 Å². The molecule has 1 amide bonds. The van der Waals surface area contributed by atoms with Gasteiger partial charge in [-0.05, 0) is 83.5 Å². The van der Waals surface area contributed by atoms with Crippen LogP contribution in [0, 0.1) is 0 Å². The van der Waals surface area contributed by atoms with Crippen molar-refractivity contribution in [3.05, 3.63) is 85.1 Å². The fourth-order valence-corrected chi connectivity index (χ4v) is 9.18. The zero-order chi connectivity index (χ0) is 52.9. The first-order valence-corrected chi connectivity index (χ1v) is 30.3. The number of carbonyl (C=O) groups is 1. The molecule has 1 saturated heterocycles. The van der Waals surface area contributed by atoms with Crippen LogP contribution in [0.1, 0.15) is 258 Å². The molecule has 0 aromatic heterocycles. The summed E-state index contributed by atoms with van der Waals surface area (Å²) in [7, 11) is 0. The summed E-state index contributed by atoms with van der Waals surface area (Å²) < 4.78 is 11.3. The number of rotatable bonds is 51. The third kappa shape index (κ3) is 42.2. The van der Waals surface area contributed by atoms with Crippen molar-refractivity contribution in [2.24, 2.45) is 0 Å². The van der Waals surface area contributed by atoms with Gasteiger partial charge in [-0.2, -0.15) is 0 Å². The van der Waals surface area contributed by atoms with Gasteiger partial charge in [0.05, 0.1) is 25.4 Å². The zero-order valence-electron chi connectivity index (χ0n) is 46.9. The molecule has 7 unspecified atom stereocenters. The lowest BCUT2D eigenvalue weighted by atomic mass is 9.99. The number of allylic oxidation sites excluding steroid dienone is 13. The maximum absolute atomic E-state index is 13.1. The molecule has 0 aromatic rings. The van der Waals surface area contributed by atoms with E-state index in [2.05, 4.69) is 92.1 Å². The first-order chi connectivity index (χ1) is 35.8. The number of aliphatic hydroxyl groups excluding tert-OH is 5. The van der Waals surface area contributed by atoms with E-state index in [0.29, 0.717) is 6.42 Å².